The standard InChI is InChI=1S/C18H35N3O4S/c1-6-15(22)16(25-5)11(2)12(3)17(23)19-8-7-9-20-18(24)14-10-26-13(4)21-14/h11-16,21-22H,6-10H2,1-5H3,(H,19,23)(H,20,24)/t11-,12?,13?,14?,15?,16+/m1/s1. The van der Waals surface area contributed by atoms with Crippen molar-refractivity contribution in [2.45, 2.75) is 64.2 Å². The van der Waals surface area contributed by atoms with Gasteiger partial charge in [0.2, 0.25) is 11.8 Å². The van der Waals surface area contributed by atoms with E-state index >= 15 is 0 Å². The molecule has 1 saturated heterocycles. The van der Waals surface area contributed by atoms with Crippen molar-refractivity contribution in [2.75, 3.05) is 26.0 Å². The van der Waals surface area contributed by atoms with E-state index in [1.54, 1.807) is 18.9 Å². The lowest BCUT2D eigenvalue weighted by atomic mass is 9.86. The van der Waals surface area contributed by atoms with E-state index in [0.717, 1.165) is 5.75 Å². The molecule has 1 aliphatic heterocycles. The monoisotopic (exact) mass is 389 g/mol. The summed E-state index contributed by atoms with van der Waals surface area (Å²) in [7, 11) is 1.56. The van der Waals surface area contributed by atoms with E-state index in [0.29, 0.717) is 31.3 Å². The fourth-order valence-electron chi connectivity index (χ4n) is 3.04. The summed E-state index contributed by atoms with van der Waals surface area (Å²) < 4.78 is 5.38. The van der Waals surface area contributed by atoms with Crippen LogP contribution in [0.2, 0.25) is 0 Å². The van der Waals surface area contributed by atoms with Gasteiger partial charge in [-0.15, -0.1) is 11.8 Å². The Labute approximate surface area is 161 Å². The van der Waals surface area contributed by atoms with Crippen LogP contribution >= 0.6 is 11.8 Å². The van der Waals surface area contributed by atoms with E-state index in [9.17, 15) is 14.7 Å². The minimum atomic E-state index is -0.578. The van der Waals surface area contributed by atoms with Crippen LogP contribution in [0.15, 0.2) is 0 Å². The zero-order valence-electron chi connectivity index (χ0n) is 16.6. The highest BCUT2D eigenvalue weighted by Gasteiger charge is 2.31. The molecule has 0 saturated carbocycles. The molecule has 152 valence electrons. The Balaban J connectivity index is 2.25. The fraction of sp³-hybridized carbons (Fsp3) is 0.889. The van der Waals surface area contributed by atoms with Gasteiger partial charge in [0, 0.05) is 31.9 Å². The summed E-state index contributed by atoms with van der Waals surface area (Å²) in [5.74, 6) is 0.395. The lowest BCUT2D eigenvalue weighted by Gasteiger charge is -2.30. The summed E-state index contributed by atoms with van der Waals surface area (Å²) in [6.07, 6.45) is 0.327. The molecule has 0 aromatic rings. The van der Waals surface area contributed by atoms with Gasteiger partial charge in [0.25, 0.3) is 0 Å². The van der Waals surface area contributed by atoms with Crippen molar-refractivity contribution in [2.24, 2.45) is 11.8 Å². The molecule has 8 heteroatoms. The predicted molar refractivity (Wildman–Crippen MR) is 105 cm³/mol. The van der Waals surface area contributed by atoms with Gasteiger partial charge in [-0.1, -0.05) is 20.8 Å². The average molecular weight is 390 g/mol. The van der Waals surface area contributed by atoms with Crippen LogP contribution < -0.4 is 16.0 Å². The van der Waals surface area contributed by atoms with E-state index in [1.807, 2.05) is 27.7 Å². The molecule has 0 aliphatic carbocycles. The Morgan fingerprint density at radius 3 is 2.50 bits per heavy atom. The number of methoxy groups -OCH3 is 1. The van der Waals surface area contributed by atoms with Crippen LogP contribution in [0, 0.1) is 11.8 Å². The zero-order valence-corrected chi connectivity index (χ0v) is 17.4. The molecule has 6 atom stereocenters. The molecule has 0 aromatic heterocycles. The number of rotatable bonds is 11. The molecule has 1 fully saturated rings. The number of thioether (sulfide) groups is 1. The van der Waals surface area contributed by atoms with Gasteiger partial charge in [0.1, 0.15) is 0 Å². The third kappa shape index (κ3) is 7.06. The third-order valence-electron chi connectivity index (χ3n) is 5.01. The number of carbonyl (C=O) groups excluding carboxylic acids is 2. The first-order valence-electron chi connectivity index (χ1n) is 9.45. The summed E-state index contributed by atoms with van der Waals surface area (Å²) in [5, 5.41) is 19.4. The van der Waals surface area contributed by atoms with Crippen molar-refractivity contribution in [3.63, 3.8) is 0 Å². The summed E-state index contributed by atoms with van der Waals surface area (Å²) >= 11 is 1.74. The van der Waals surface area contributed by atoms with Crippen molar-refractivity contribution >= 4 is 23.6 Å². The summed E-state index contributed by atoms with van der Waals surface area (Å²) in [6, 6.07) is -0.124. The highest BCUT2D eigenvalue weighted by atomic mass is 32.2. The molecule has 1 aliphatic rings. The molecule has 4 unspecified atom stereocenters. The molecule has 4 N–H and O–H groups in total. The molecule has 2 amide bonds. The molecule has 0 aromatic carbocycles. The SMILES string of the molecule is CCC(O)[C@@H](OC)[C@H](C)C(C)C(=O)NCCCNC(=O)C1CSC(C)N1. The van der Waals surface area contributed by atoms with Crippen molar-refractivity contribution in [3.8, 4) is 0 Å². The van der Waals surface area contributed by atoms with Crippen LogP contribution in [0.25, 0.3) is 0 Å². The molecule has 7 nitrogen and oxygen atoms in total. The molecule has 0 radical (unpaired) electrons. The highest BCUT2D eigenvalue weighted by Crippen LogP contribution is 2.22. The van der Waals surface area contributed by atoms with E-state index < -0.39 is 6.10 Å². The van der Waals surface area contributed by atoms with Crippen LogP contribution in [0.4, 0.5) is 0 Å². The highest BCUT2D eigenvalue weighted by molar-refractivity contribution is 8.00. The van der Waals surface area contributed by atoms with Crippen LogP contribution in [-0.2, 0) is 14.3 Å². The third-order valence-corrected chi connectivity index (χ3v) is 6.17. The largest absolute Gasteiger partial charge is 0.390 e. The van der Waals surface area contributed by atoms with Gasteiger partial charge in [0.05, 0.1) is 23.6 Å². The molecular weight excluding hydrogens is 354 g/mol. The number of nitrogens with one attached hydrogen (secondary N) is 3. The second-order valence-corrected chi connectivity index (χ2v) is 8.33. The Kier molecular flexibility index (Phi) is 10.5. The van der Waals surface area contributed by atoms with Gasteiger partial charge in [-0.2, -0.15) is 0 Å². The Morgan fingerprint density at radius 2 is 1.96 bits per heavy atom. The first-order valence-corrected chi connectivity index (χ1v) is 10.5. The van der Waals surface area contributed by atoms with Crippen molar-refractivity contribution in [1.82, 2.24) is 16.0 Å². The number of amides is 2. The van der Waals surface area contributed by atoms with Crippen molar-refractivity contribution < 1.29 is 19.4 Å². The maximum absolute atomic E-state index is 12.3. The maximum Gasteiger partial charge on any atom is 0.238 e. The molecular formula is C18H35N3O4S. The van der Waals surface area contributed by atoms with Gasteiger partial charge in [-0.3, -0.25) is 14.9 Å². The topological polar surface area (TPSA) is 99.7 Å². The van der Waals surface area contributed by atoms with E-state index in [1.165, 1.54) is 0 Å². The molecule has 0 spiro atoms. The minimum absolute atomic E-state index is 0.0201. The first-order chi connectivity index (χ1) is 12.3. The second kappa shape index (κ2) is 11.8. The van der Waals surface area contributed by atoms with Crippen LogP contribution in [0.1, 0.15) is 40.5 Å². The molecule has 26 heavy (non-hydrogen) atoms. The summed E-state index contributed by atoms with van der Waals surface area (Å²) in [5.41, 5.74) is 0. The van der Waals surface area contributed by atoms with E-state index in [4.69, 9.17) is 4.74 Å². The average Bonchev–Trinajstić information content (AvgIpc) is 3.07. The van der Waals surface area contributed by atoms with E-state index in [-0.39, 0.29) is 35.8 Å². The number of hydrogen-bond donors (Lipinski definition) is 4. The number of aliphatic hydroxyl groups excluding tert-OH is 1. The maximum atomic E-state index is 12.3. The molecule has 1 heterocycles. The smallest absolute Gasteiger partial charge is 0.238 e. The first kappa shape index (κ1) is 23.2. The van der Waals surface area contributed by atoms with Crippen LogP contribution in [0.5, 0.6) is 0 Å². The van der Waals surface area contributed by atoms with E-state index in [2.05, 4.69) is 16.0 Å². The Morgan fingerprint density at radius 1 is 1.31 bits per heavy atom. The minimum Gasteiger partial charge on any atom is -0.390 e. The lowest BCUT2D eigenvalue weighted by molar-refractivity contribution is -0.129. The predicted octanol–water partition coefficient (Wildman–Crippen LogP) is 0.718. The van der Waals surface area contributed by atoms with Crippen molar-refractivity contribution in [1.29, 1.82) is 0 Å². The van der Waals surface area contributed by atoms with Gasteiger partial charge in [-0.25, -0.2) is 0 Å². The number of hydrogen-bond acceptors (Lipinski definition) is 6. The Hall–Kier alpha value is -0.830. The fourth-order valence-corrected chi connectivity index (χ4v) is 4.03. The van der Waals surface area contributed by atoms with Crippen LogP contribution in [0.3, 0.4) is 0 Å². The van der Waals surface area contributed by atoms with Gasteiger partial charge in [0.15, 0.2) is 0 Å². The number of carbonyl (C=O) groups is 2. The zero-order chi connectivity index (χ0) is 19.7. The quantitative estimate of drug-likeness (QED) is 0.389. The van der Waals surface area contributed by atoms with Gasteiger partial charge in [-0.05, 0) is 25.7 Å². The number of aliphatic hydroxyl groups is 1. The van der Waals surface area contributed by atoms with Gasteiger partial charge >= 0.3 is 0 Å². The Bertz CT molecular complexity index is 452. The molecule has 1 rings (SSSR count). The number of ether oxygens (including phenoxy) is 1. The lowest BCUT2D eigenvalue weighted by Crippen LogP contribution is -2.44. The van der Waals surface area contributed by atoms with Crippen molar-refractivity contribution in [3.05, 3.63) is 0 Å². The summed E-state index contributed by atoms with van der Waals surface area (Å²) in [4.78, 5) is 24.3. The molecule has 0 bridgehead atoms. The van der Waals surface area contributed by atoms with Crippen LogP contribution in [-0.4, -0.2) is 66.5 Å². The second-order valence-electron chi connectivity index (χ2n) is 6.95. The summed E-state index contributed by atoms with van der Waals surface area (Å²) in [6.45, 7) is 8.75. The van der Waals surface area contributed by atoms with Gasteiger partial charge < -0.3 is 20.5 Å². The normalized spacial score (nSPS) is 24.5.